The zero-order valence-electron chi connectivity index (χ0n) is 17.9. The van der Waals surface area contributed by atoms with E-state index in [1.807, 2.05) is 27.7 Å². The topological polar surface area (TPSA) is 188 Å². The summed E-state index contributed by atoms with van der Waals surface area (Å²) in [7, 11) is 0. The number of rotatable bonds is 14. The fourth-order valence-corrected chi connectivity index (χ4v) is 2.66. The van der Waals surface area contributed by atoms with Gasteiger partial charge in [-0.25, -0.2) is 4.79 Å². The van der Waals surface area contributed by atoms with Crippen LogP contribution in [0.3, 0.4) is 0 Å². The lowest BCUT2D eigenvalue weighted by Crippen LogP contribution is -2.54. The number of hydrogen-bond donors (Lipinski definition) is 6. The van der Waals surface area contributed by atoms with Crippen LogP contribution >= 0.6 is 0 Å². The molecule has 0 aromatic carbocycles. The number of carboxylic acids is 2. The number of carboxylic acid groups (broad SMARTS) is 2. The Labute approximate surface area is 176 Å². The Morgan fingerprint density at radius 3 is 1.87 bits per heavy atom. The summed E-state index contributed by atoms with van der Waals surface area (Å²) in [6.07, 6.45) is -0.0356. The second kappa shape index (κ2) is 13.5. The maximum absolute atomic E-state index is 12.5. The van der Waals surface area contributed by atoms with Crippen LogP contribution in [-0.2, 0) is 24.0 Å². The molecule has 0 aliphatic rings. The summed E-state index contributed by atoms with van der Waals surface area (Å²) >= 11 is 0. The lowest BCUT2D eigenvalue weighted by Gasteiger charge is -2.23. The average molecular weight is 431 g/mol. The number of nitrogens with one attached hydrogen (secondary N) is 3. The van der Waals surface area contributed by atoms with Crippen molar-refractivity contribution in [3.63, 3.8) is 0 Å². The number of amides is 3. The summed E-state index contributed by atoms with van der Waals surface area (Å²) in [6, 6.07) is -3.18. The van der Waals surface area contributed by atoms with E-state index in [1.165, 1.54) is 0 Å². The summed E-state index contributed by atoms with van der Waals surface area (Å²) in [5.74, 6) is -4.20. The van der Waals surface area contributed by atoms with Crippen LogP contribution in [0.15, 0.2) is 0 Å². The Hall–Kier alpha value is -2.69. The molecule has 0 bridgehead atoms. The second-order valence-corrected chi connectivity index (χ2v) is 8.04. The molecule has 11 heteroatoms. The van der Waals surface area contributed by atoms with E-state index >= 15 is 0 Å². The van der Waals surface area contributed by atoms with Crippen molar-refractivity contribution in [3.05, 3.63) is 0 Å². The zero-order valence-corrected chi connectivity index (χ0v) is 17.9. The van der Waals surface area contributed by atoms with Crippen LogP contribution in [0.4, 0.5) is 0 Å². The molecule has 0 aromatic rings. The molecule has 0 heterocycles. The first-order valence-electron chi connectivity index (χ1n) is 9.91. The van der Waals surface area contributed by atoms with E-state index in [4.69, 9.17) is 10.8 Å². The smallest absolute Gasteiger partial charge is 0.326 e. The number of carbonyl (C=O) groups is 5. The summed E-state index contributed by atoms with van der Waals surface area (Å²) < 4.78 is 0. The molecule has 172 valence electrons. The largest absolute Gasteiger partial charge is 0.481 e. The molecular weight excluding hydrogens is 396 g/mol. The van der Waals surface area contributed by atoms with Crippen molar-refractivity contribution < 1.29 is 34.2 Å². The van der Waals surface area contributed by atoms with Gasteiger partial charge in [-0.05, 0) is 31.1 Å². The number of aliphatic carboxylic acids is 2. The molecule has 0 rings (SSSR count). The van der Waals surface area contributed by atoms with Gasteiger partial charge in [-0.15, -0.1) is 0 Å². The summed E-state index contributed by atoms with van der Waals surface area (Å²) in [5.41, 5.74) is 5.75. The van der Waals surface area contributed by atoms with E-state index in [9.17, 15) is 29.1 Å². The van der Waals surface area contributed by atoms with E-state index in [2.05, 4.69) is 16.0 Å². The molecule has 0 saturated heterocycles. The van der Waals surface area contributed by atoms with E-state index in [-0.39, 0.29) is 31.2 Å². The third kappa shape index (κ3) is 12.0. The molecule has 30 heavy (non-hydrogen) atoms. The van der Waals surface area contributed by atoms with Crippen LogP contribution in [0, 0.1) is 11.8 Å². The van der Waals surface area contributed by atoms with Crippen molar-refractivity contribution in [1.29, 1.82) is 0 Å². The Bertz CT molecular complexity index is 622. The Morgan fingerprint density at radius 2 is 1.40 bits per heavy atom. The zero-order chi connectivity index (χ0) is 23.4. The standard InChI is InChI=1S/C19H34N4O7/c1-10(2)7-12(20)17(27)21-9-15(24)22-14(8-11(3)4)18(28)23-13(19(29)30)5-6-16(25)26/h10-14H,5-9,20H2,1-4H3,(H,21,27)(H,22,24)(H,23,28)(H,25,26)(H,29,30)/t12-,13-,14-/m0/s1. The van der Waals surface area contributed by atoms with Crippen LogP contribution in [0.25, 0.3) is 0 Å². The first-order valence-corrected chi connectivity index (χ1v) is 9.91. The van der Waals surface area contributed by atoms with Gasteiger partial charge >= 0.3 is 11.9 Å². The number of carbonyl (C=O) groups excluding carboxylic acids is 3. The van der Waals surface area contributed by atoms with Crippen molar-refractivity contribution in [3.8, 4) is 0 Å². The third-order valence-corrected chi connectivity index (χ3v) is 4.11. The lowest BCUT2D eigenvalue weighted by atomic mass is 10.0. The van der Waals surface area contributed by atoms with Gasteiger partial charge in [-0.3, -0.25) is 19.2 Å². The van der Waals surface area contributed by atoms with Gasteiger partial charge < -0.3 is 31.9 Å². The normalized spacial score (nSPS) is 14.0. The predicted octanol–water partition coefficient (Wildman–Crippen LogP) is -0.559. The molecule has 0 aliphatic carbocycles. The maximum Gasteiger partial charge on any atom is 0.326 e. The van der Waals surface area contributed by atoms with Gasteiger partial charge in [-0.1, -0.05) is 27.7 Å². The molecular formula is C19H34N4O7. The fraction of sp³-hybridized carbons (Fsp3) is 0.737. The predicted molar refractivity (Wildman–Crippen MR) is 108 cm³/mol. The SMILES string of the molecule is CC(C)C[C@H](NC(=O)CNC(=O)[C@@H](N)CC(C)C)C(=O)N[C@@H](CCC(=O)O)C(=O)O. The molecule has 0 radical (unpaired) electrons. The van der Waals surface area contributed by atoms with Crippen molar-refractivity contribution in [2.45, 2.75) is 71.5 Å². The highest BCUT2D eigenvalue weighted by Gasteiger charge is 2.27. The molecule has 3 amide bonds. The van der Waals surface area contributed by atoms with Crippen LogP contribution in [0.5, 0.6) is 0 Å². The maximum atomic E-state index is 12.5. The number of hydrogen-bond acceptors (Lipinski definition) is 6. The van der Waals surface area contributed by atoms with Gasteiger partial charge in [-0.2, -0.15) is 0 Å². The Morgan fingerprint density at radius 1 is 0.833 bits per heavy atom. The summed E-state index contributed by atoms with van der Waals surface area (Å²) in [6.45, 7) is 7.08. The van der Waals surface area contributed by atoms with Gasteiger partial charge in [0.25, 0.3) is 0 Å². The van der Waals surface area contributed by atoms with Gasteiger partial charge in [0, 0.05) is 6.42 Å². The van der Waals surface area contributed by atoms with E-state index in [1.54, 1.807) is 0 Å². The summed E-state index contributed by atoms with van der Waals surface area (Å²) in [5, 5.41) is 25.0. The van der Waals surface area contributed by atoms with Crippen LogP contribution < -0.4 is 21.7 Å². The minimum atomic E-state index is -1.39. The third-order valence-electron chi connectivity index (χ3n) is 4.11. The summed E-state index contributed by atoms with van der Waals surface area (Å²) in [4.78, 5) is 58.5. The molecule has 0 saturated carbocycles. The van der Waals surface area contributed by atoms with Gasteiger partial charge in [0.1, 0.15) is 12.1 Å². The fourth-order valence-electron chi connectivity index (χ4n) is 2.66. The van der Waals surface area contributed by atoms with Crippen LogP contribution in [0.1, 0.15) is 53.4 Å². The first-order chi connectivity index (χ1) is 13.8. The Kier molecular flexibility index (Phi) is 12.3. The number of nitrogens with two attached hydrogens (primary N) is 1. The first kappa shape index (κ1) is 27.3. The molecule has 3 atom stereocenters. The van der Waals surface area contributed by atoms with Gasteiger partial charge in [0.2, 0.25) is 17.7 Å². The highest BCUT2D eigenvalue weighted by molar-refractivity contribution is 5.92. The molecule has 7 N–H and O–H groups in total. The molecule has 0 aromatic heterocycles. The monoisotopic (exact) mass is 430 g/mol. The highest BCUT2D eigenvalue weighted by atomic mass is 16.4. The quantitative estimate of drug-likeness (QED) is 0.211. The lowest BCUT2D eigenvalue weighted by molar-refractivity contribution is -0.143. The van der Waals surface area contributed by atoms with E-state index in [0.29, 0.717) is 6.42 Å². The van der Waals surface area contributed by atoms with Crippen molar-refractivity contribution in [2.75, 3.05) is 6.54 Å². The molecule has 11 nitrogen and oxygen atoms in total. The van der Waals surface area contributed by atoms with E-state index < -0.39 is 54.2 Å². The Balaban J connectivity index is 4.90. The van der Waals surface area contributed by atoms with Crippen LogP contribution in [-0.4, -0.2) is 64.5 Å². The minimum Gasteiger partial charge on any atom is -0.481 e. The minimum absolute atomic E-state index is 0.00240. The molecule has 0 unspecified atom stereocenters. The average Bonchev–Trinajstić information content (AvgIpc) is 2.60. The molecule has 0 fully saturated rings. The van der Waals surface area contributed by atoms with E-state index in [0.717, 1.165) is 0 Å². The van der Waals surface area contributed by atoms with Crippen LogP contribution in [0.2, 0.25) is 0 Å². The van der Waals surface area contributed by atoms with Gasteiger partial charge in [0.05, 0.1) is 12.6 Å². The molecule has 0 spiro atoms. The van der Waals surface area contributed by atoms with Crippen molar-refractivity contribution >= 4 is 29.7 Å². The van der Waals surface area contributed by atoms with Gasteiger partial charge in [0.15, 0.2) is 0 Å². The highest BCUT2D eigenvalue weighted by Crippen LogP contribution is 2.07. The van der Waals surface area contributed by atoms with Crippen molar-refractivity contribution in [1.82, 2.24) is 16.0 Å². The van der Waals surface area contributed by atoms with Crippen molar-refractivity contribution in [2.24, 2.45) is 17.6 Å². The molecule has 0 aliphatic heterocycles. The second-order valence-electron chi connectivity index (χ2n) is 8.04.